The normalized spacial score (nSPS) is 22.6. The van der Waals surface area contributed by atoms with Gasteiger partial charge in [0.1, 0.15) is 6.61 Å². The summed E-state index contributed by atoms with van der Waals surface area (Å²) in [5.74, 6) is -2.15. The zero-order valence-corrected chi connectivity index (χ0v) is 11.1. The predicted molar refractivity (Wildman–Crippen MR) is 65.5 cm³/mol. The van der Waals surface area contributed by atoms with Crippen molar-refractivity contribution in [3.63, 3.8) is 0 Å². The number of carboxylic acids is 1. The molecule has 0 aromatic carbocycles. The van der Waals surface area contributed by atoms with Gasteiger partial charge in [-0.25, -0.2) is 4.79 Å². The number of aliphatic carboxylic acids is 1. The van der Waals surface area contributed by atoms with E-state index in [1.165, 1.54) is 25.2 Å². The molecule has 2 atom stereocenters. The van der Waals surface area contributed by atoms with Crippen molar-refractivity contribution in [2.45, 2.75) is 6.29 Å². The first-order valence-corrected chi connectivity index (χ1v) is 5.86. The highest BCUT2D eigenvalue weighted by molar-refractivity contribution is 5.74. The quantitative estimate of drug-likeness (QED) is 0.562. The number of carbonyl (C=O) groups is 2. The fourth-order valence-electron chi connectivity index (χ4n) is 2.18. The van der Waals surface area contributed by atoms with Crippen LogP contribution in [0.3, 0.4) is 0 Å². The van der Waals surface area contributed by atoms with E-state index in [2.05, 4.69) is 6.58 Å². The molecule has 0 unspecified atom stereocenters. The van der Waals surface area contributed by atoms with Crippen LogP contribution in [0.5, 0.6) is 0 Å². The summed E-state index contributed by atoms with van der Waals surface area (Å²) in [6, 6.07) is 0. The van der Waals surface area contributed by atoms with Gasteiger partial charge in [-0.1, -0.05) is 12.7 Å². The van der Waals surface area contributed by atoms with Crippen molar-refractivity contribution in [1.29, 1.82) is 0 Å². The number of likely N-dealkylation sites (tertiary alicyclic amines) is 1. The molecular formula is C12H19NO6. The zero-order valence-electron chi connectivity index (χ0n) is 11.1. The van der Waals surface area contributed by atoms with Gasteiger partial charge in [0.05, 0.1) is 5.92 Å². The van der Waals surface area contributed by atoms with Crippen LogP contribution in [0.25, 0.3) is 0 Å². The second kappa shape index (κ2) is 7.10. The van der Waals surface area contributed by atoms with Gasteiger partial charge < -0.3 is 24.2 Å². The van der Waals surface area contributed by atoms with Gasteiger partial charge in [0.25, 0.3) is 0 Å². The minimum absolute atomic E-state index is 0.0825. The molecule has 7 nitrogen and oxygen atoms in total. The summed E-state index contributed by atoms with van der Waals surface area (Å²) in [5.41, 5.74) is 0. The number of methoxy groups -OCH3 is 2. The van der Waals surface area contributed by atoms with Crippen molar-refractivity contribution in [2.24, 2.45) is 11.8 Å². The van der Waals surface area contributed by atoms with Crippen LogP contribution in [0.2, 0.25) is 0 Å². The van der Waals surface area contributed by atoms with Gasteiger partial charge in [-0.05, 0) is 0 Å². The minimum Gasteiger partial charge on any atom is -0.481 e. The van der Waals surface area contributed by atoms with E-state index < -0.39 is 30.2 Å². The van der Waals surface area contributed by atoms with Crippen molar-refractivity contribution in [2.75, 3.05) is 33.9 Å². The molecule has 19 heavy (non-hydrogen) atoms. The van der Waals surface area contributed by atoms with E-state index in [1.807, 2.05) is 0 Å². The van der Waals surface area contributed by atoms with Crippen LogP contribution in [0.15, 0.2) is 12.7 Å². The van der Waals surface area contributed by atoms with E-state index in [1.54, 1.807) is 0 Å². The molecule has 0 bridgehead atoms. The van der Waals surface area contributed by atoms with Crippen molar-refractivity contribution in [1.82, 2.24) is 4.90 Å². The van der Waals surface area contributed by atoms with Gasteiger partial charge in [-0.3, -0.25) is 4.79 Å². The number of amides is 1. The van der Waals surface area contributed by atoms with E-state index in [0.717, 1.165) is 0 Å². The lowest BCUT2D eigenvalue weighted by Crippen LogP contribution is -2.34. The summed E-state index contributed by atoms with van der Waals surface area (Å²) in [5, 5.41) is 9.19. The lowest BCUT2D eigenvalue weighted by molar-refractivity contribution is -0.161. The van der Waals surface area contributed by atoms with Gasteiger partial charge in [0.15, 0.2) is 6.29 Å². The average Bonchev–Trinajstić information content (AvgIpc) is 2.82. The number of hydrogen-bond acceptors (Lipinski definition) is 5. The molecule has 108 valence electrons. The lowest BCUT2D eigenvalue weighted by atomic mass is 9.95. The maximum atomic E-state index is 11.7. The second-order valence-corrected chi connectivity index (χ2v) is 4.22. The van der Waals surface area contributed by atoms with E-state index in [0.29, 0.717) is 0 Å². The third-order valence-electron chi connectivity index (χ3n) is 3.08. The third kappa shape index (κ3) is 3.68. The number of hydrogen-bond donors (Lipinski definition) is 1. The van der Waals surface area contributed by atoms with Crippen LogP contribution in [0, 0.1) is 11.8 Å². The van der Waals surface area contributed by atoms with Crippen LogP contribution >= 0.6 is 0 Å². The molecule has 0 radical (unpaired) electrons. The molecule has 0 saturated carbocycles. The first-order chi connectivity index (χ1) is 9.04. The van der Waals surface area contributed by atoms with E-state index in [4.69, 9.17) is 14.2 Å². The Morgan fingerprint density at radius 1 is 1.42 bits per heavy atom. The third-order valence-corrected chi connectivity index (χ3v) is 3.08. The molecule has 0 aliphatic carbocycles. The van der Waals surface area contributed by atoms with Crippen molar-refractivity contribution in [3.05, 3.63) is 12.7 Å². The molecule has 0 aromatic heterocycles. The SMILES string of the molecule is C=CCOC(=O)N1C[C@@H](C(=O)O)[C@H](C(OC)OC)C1. The van der Waals surface area contributed by atoms with Gasteiger partial charge in [0.2, 0.25) is 0 Å². The molecule has 0 aromatic rings. The van der Waals surface area contributed by atoms with E-state index >= 15 is 0 Å². The Balaban J connectivity index is 2.73. The number of carbonyl (C=O) groups excluding carboxylic acids is 1. The summed E-state index contributed by atoms with van der Waals surface area (Å²) >= 11 is 0. The zero-order chi connectivity index (χ0) is 14.4. The average molecular weight is 273 g/mol. The Bertz CT molecular complexity index is 341. The maximum Gasteiger partial charge on any atom is 0.410 e. The summed E-state index contributed by atoms with van der Waals surface area (Å²) in [7, 11) is 2.87. The van der Waals surface area contributed by atoms with Crippen LogP contribution in [-0.4, -0.2) is 62.3 Å². The molecule has 0 spiro atoms. The number of nitrogens with zero attached hydrogens (tertiary/aromatic N) is 1. The molecule has 1 rings (SSSR count). The summed E-state index contributed by atoms with van der Waals surface area (Å²) in [6.45, 7) is 3.84. The Morgan fingerprint density at radius 2 is 2.05 bits per heavy atom. The van der Waals surface area contributed by atoms with Crippen LogP contribution < -0.4 is 0 Å². The summed E-state index contributed by atoms with van der Waals surface area (Å²) in [6.07, 6.45) is 0.227. The Hall–Kier alpha value is -1.60. The Kier molecular flexibility index (Phi) is 5.78. The topological polar surface area (TPSA) is 85.3 Å². The molecule has 1 heterocycles. The maximum absolute atomic E-state index is 11.7. The van der Waals surface area contributed by atoms with Gasteiger partial charge in [0, 0.05) is 33.2 Å². The highest BCUT2D eigenvalue weighted by Crippen LogP contribution is 2.28. The molecule has 1 N–H and O–H groups in total. The monoisotopic (exact) mass is 273 g/mol. The lowest BCUT2D eigenvalue weighted by Gasteiger charge is -2.23. The number of ether oxygens (including phenoxy) is 3. The van der Waals surface area contributed by atoms with Crippen molar-refractivity contribution < 1.29 is 28.9 Å². The fourth-order valence-corrected chi connectivity index (χ4v) is 2.18. The Labute approximate surface area is 111 Å². The smallest absolute Gasteiger partial charge is 0.410 e. The minimum atomic E-state index is -0.983. The number of carboxylic acid groups (broad SMARTS) is 1. The molecular weight excluding hydrogens is 254 g/mol. The highest BCUT2D eigenvalue weighted by Gasteiger charge is 2.44. The van der Waals surface area contributed by atoms with E-state index in [-0.39, 0.29) is 19.7 Å². The number of rotatable bonds is 6. The highest BCUT2D eigenvalue weighted by atomic mass is 16.7. The van der Waals surface area contributed by atoms with Crippen molar-refractivity contribution in [3.8, 4) is 0 Å². The van der Waals surface area contributed by atoms with Gasteiger partial charge in [-0.2, -0.15) is 0 Å². The van der Waals surface area contributed by atoms with Crippen LogP contribution in [0.1, 0.15) is 0 Å². The molecule has 1 aliphatic rings. The molecule has 1 fully saturated rings. The molecule has 1 aliphatic heterocycles. The van der Waals surface area contributed by atoms with Crippen LogP contribution in [-0.2, 0) is 19.0 Å². The predicted octanol–water partition coefficient (Wildman–Crippen LogP) is 0.560. The van der Waals surface area contributed by atoms with Crippen LogP contribution in [0.4, 0.5) is 4.79 Å². The fraction of sp³-hybridized carbons (Fsp3) is 0.667. The second-order valence-electron chi connectivity index (χ2n) is 4.22. The van der Waals surface area contributed by atoms with Gasteiger partial charge in [-0.15, -0.1) is 0 Å². The standard InChI is InChI=1S/C12H19NO6/c1-4-5-19-12(16)13-6-8(10(14)15)9(7-13)11(17-2)18-3/h4,8-9,11H,1,5-7H2,2-3H3,(H,14,15)/t8-,9-/m1/s1. The largest absolute Gasteiger partial charge is 0.481 e. The molecule has 7 heteroatoms. The summed E-state index contributed by atoms with van der Waals surface area (Å²) < 4.78 is 15.1. The first kappa shape index (κ1) is 15.5. The molecule has 1 amide bonds. The van der Waals surface area contributed by atoms with Gasteiger partial charge >= 0.3 is 12.1 Å². The molecule has 1 saturated heterocycles. The van der Waals surface area contributed by atoms with Crippen molar-refractivity contribution >= 4 is 12.1 Å². The summed E-state index contributed by atoms with van der Waals surface area (Å²) in [4.78, 5) is 24.3. The van der Waals surface area contributed by atoms with E-state index in [9.17, 15) is 14.7 Å². The first-order valence-electron chi connectivity index (χ1n) is 5.86. The Morgan fingerprint density at radius 3 is 2.53 bits per heavy atom.